The normalized spacial score (nSPS) is 14.2. The van der Waals surface area contributed by atoms with Crippen LogP contribution in [0.4, 0.5) is 18.9 Å². The molecular formula is C19H20F3IN4O5. The van der Waals surface area contributed by atoms with Gasteiger partial charge < -0.3 is 20.6 Å². The summed E-state index contributed by atoms with van der Waals surface area (Å²) >= 11 is -0.628. The maximum Gasteiger partial charge on any atom is 0.277 e. The number of nitrogens with one attached hydrogen (secondary N) is 3. The Kier molecular flexibility index (Phi) is 9.80. The minimum absolute atomic E-state index is 0.149. The van der Waals surface area contributed by atoms with Crippen LogP contribution in [0.25, 0.3) is 0 Å². The van der Waals surface area contributed by atoms with Gasteiger partial charge in [0, 0.05) is 16.6 Å². The topological polar surface area (TPSA) is 121 Å². The van der Waals surface area contributed by atoms with Crippen molar-refractivity contribution in [2.45, 2.75) is 13.0 Å². The van der Waals surface area contributed by atoms with Crippen LogP contribution in [-0.4, -0.2) is 53.5 Å². The predicted molar refractivity (Wildman–Crippen MR) is 120 cm³/mol. The maximum atomic E-state index is 14.9. The van der Waals surface area contributed by atoms with Crippen LogP contribution in [0, 0.1) is 11.6 Å². The molecule has 0 spiro atoms. The number of allylic oxidation sites excluding steroid dienone is 2. The number of oxime groups is 1. The molecule has 1 aromatic carbocycles. The van der Waals surface area contributed by atoms with E-state index in [1.807, 2.05) is 5.48 Å². The van der Waals surface area contributed by atoms with Crippen LogP contribution in [0.3, 0.4) is 0 Å². The van der Waals surface area contributed by atoms with E-state index in [0.29, 0.717) is 0 Å². The standard InChI is InChI=1S/C19H20F3IN4O5/c1-10(18(29)24-2)32-25-9-11-7-12(19(30)27-31-6-5-28)17(16(22)15(11)21)26-14-3-4-23-8-13(14)20/h3-4,7-10,26,28H,5-6H2,1-2H3,(H,24,29)(H,27,30)/b25-9+. The molecule has 1 aromatic rings. The molecule has 0 saturated heterocycles. The lowest BCUT2D eigenvalue weighted by Gasteiger charge is -2.16. The fraction of sp³-hybridized carbons (Fsp3) is 0.263. The smallest absolute Gasteiger partial charge is 0.277 e. The van der Waals surface area contributed by atoms with Crippen molar-refractivity contribution in [2.24, 2.45) is 5.16 Å². The lowest BCUT2D eigenvalue weighted by Crippen LogP contribution is -2.30. The van der Waals surface area contributed by atoms with Gasteiger partial charge in [-0.2, -0.15) is 0 Å². The van der Waals surface area contributed by atoms with Crippen molar-refractivity contribution in [1.82, 2.24) is 10.8 Å². The van der Waals surface area contributed by atoms with E-state index in [9.17, 15) is 22.8 Å². The summed E-state index contributed by atoms with van der Waals surface area (Å²) in [6.45, 7) is 0.735. The molecule has 1 atom stereocenters. The molecule has 2 amide bonds. The number of hydrogen-bond donors (Lipinski definition) is 4. The summed E-state index contributed by atoms with van der Waals surface area (Å²) in [5, 5.41) is 16.9. The number of aliphatic hydroxyl groups is 1. The van der Waals surface area contributed by atoms with E-state index in [2.05, 4.69) is 15.8 Å². The van der Waals surface area contributed by atoms with E-state index < -0.39 is 79.5 Å². The summed E-state index contributed by atoms with van der Waals surface area (Å²) in [5.41, 5.74) is 0.281. The Hall–Kier alpha value is -2.78. The van der Waals surface area contributed by atoms with Gasteiger partial charge in [-0.3, -0.25) is 14.4 Å². The summed E-state index contributed by atoms with van der Waals surface area (Å²) in [5.74, 6) is -5.02. The first-order chi connectivity index (χ1) is 15.3. The van der Waals surface area contributed by atoms with Gasteiger partial charge in [0.1, 0.15) is 0 Å². The lowest BCUT2D eigenvalue weighted by molar-refractivity contribution is -0.131. The van der Waals surface area contributed by atoms with Gasteiger partial charge in [0.15, 0.2) is 17.5 Å². The fourth-order valence-electron chi connectivity index (χ4n) is 2.25. The molecule has 1 heterocycles. The summed E-state index contributed by atoms with van der Waals surface area (Å²) in [6.07, 6.45) is 1.14. The van der Waals surface area contributed by atoms with Crippen LogP contribution in [0.2, 0.25) is 0 Å². The Morgan fingerprint density at radius 1 is 1.31 bits per heavy atom. The van der Waals surface area contributed by atoms with Gasteiger partial charge in [0.2, 0.25) is 6.10 Å². The van der Waals surface area contributed by atoms with Gasteiger partial charge in [-0.25, -0.2) is 18.7 Å². The molecule has 0 aliphatic carbocycles. The van der Waals surface area contributed by atoms with Crippen LogP contribution >= 0.6 is 20.7 Å². The minimum Gasteiger partial charge on any atom is -0.394 e. The van der Waals surface area contributed by atoms with E-state index in [0.717, 1.165) is 12.3 Å². The van der Waals surface area contributed by atoms with Gasteiger partial charge in [0.25, 0.3) is 11.8 Å². The Balaban J connectivity index is 2.43. The Morgan fingerprint density at radius 2 is 2.06 bits per heavy atom. The van der Waals surface area contributed by atoms with Crippen LogP contribution < -0.4 is 16.1 Å². The number of hydrogen-bond acceptors (Lipinski definition) is 7. The number of nitrogens with zero attached hydrogens (tertiary/aromatic N) is 1. The van der Waals surface area contributed by atoms with E-state index >= 15 is 0 Å². The molecule has 9 nitrogen and oxygen atoms in total. The minimum atomic E-state index is -1.48. The highest BCUT2D eigenvalue weighted by Gasteiger charge is 2.24. The van der Waals surface area contributed by atoms with Crippen LogP contribution in [-0.2, 0) is 14.5 Å². The Bertz CT molecular complexity index is 998. The molecule has 174 valence electrons. The van der Waals surface area contributed by atoms with Crippen molar-refractivity contribution in [3.63, 3.8) is 0 Å². The first-order valence-electron chi connectivity index (χ1n) is 9.04. The molecule has 13 heteroatoms. The number of benzene rings is 1. The summed E-state index contributed by atoms with van der Waals surface area (Å²) in [6, 6.07) is 0.942. The number of carbonyl (C=O) groups is 2. The lowest BCUT2D eigenvalue weighted by atomic mass is 10.1. The number of amides is 2. The molecule has 0 aromatic heterocycles. The number of anilines is 1. The largest absolute Gasteiger partial charge is 0.394 e. The van der Waals surface area contributed by atoms with E-state index in [1.165, 1.54) is 24.1 Å². The number of carbonyl (C=O) groups excluding carboxylic acids is 2. The van der Waals surface area contributed by atoms with E-state index in [4.69, 9.17) is 14.8 Å². The van der Waals surface area contributed by atoms with Crippen LogP contribution in [0.1, 0.15) is 22.8 Å². The average Bonchev–Trinajstić information content (AvgIpc) is 2.78. The van der Waals surface area contributed by atoms with Gasteiger partial charge in [0.05, 0.1) is 36.4 Å². The van der Waals surface area contributed by atoms with Gasteiger partial charge in [-0.05, 0) is 23.1 Å². The van der Waals surface area contributed by atoms with Crippen molar-refractivity contribution < 1.29 is 37.5 Å². The SMILES string of the molecule is CNC(=O)C(C)O/N=C/c1cc(C(=O)NOCCO)c(NC2=C(F)C=IC=C2)c(F)c1F. The number of rotatable bonds is 10. The van der Waals surface area contributed by atoms with Crippen molar-refractivity contribution in [1.29, 1.82) is 0 Å². The van der Waals surface area contributed by atoms with Crippen molar-refractivity contribution in [3.05, 3.63) is 50.5 Å². The zero-order valence-corrected chi connectivity index (χ0v) is 19.1. The molecule has 0 saturated carbocycles. The molecule has 4 N–H and O–H groups in total. The van der Waals surface area contributed by atoms with Gasteiger partial charge >= 0.3 is 0 Å². The predicted octanol–water partition coefficient (Wildman–Crippen LogP) is 2.00. The summed E-state index contributed by atoms with van der Waals surface area (Å²) < 4.78 is 46.6. The van der Waals surface area contributed by atoms with Gasteiger partial charge in [-0.15, -0.1) is 0 Å². The molecule has 1 unspecified atom stereocenters. The van der Waals surface area contributed by atoms with Gasteiger partial charge in [-0.1, -0.05) is 25.9 Å². The molecule has 2 rings (SSSR count). The second kappa shape index (κ2) is 12.3. The quantitative estimate of drug-likeness (QED) is 0.148. The van der Waals surface area contributed by atoms with Crippen molar-refractivity contribution in [2.75, 3.05) is 25.6 Å². The third-order valence-electron chi connectivity index (χ3n) is 3.84. The zero-order valence-electron chi connectivity index (χ0n) is 16.9. The molecule has 0 bridgehead atoms. The molecular weight excluding hydrogens is 548 g/mol. The number of likely N-dealkylation sites (N-methyl/N-ethyl adjacent to an activating group) is 1. The first-order valence-corrected chi connectivity index (χ1v) is 11.5. The zero-order chi connectivity index (χ0) is 23.7. The maximum absolute atomic E-state index is 14.9. The molecule has 32 heavy (non-hydrogen) atoms. The third kappa shape index (κ3) is 6.61. The van der Waals surface area contributed by atoms with E-state index in [1.54, 1.807) is 4.08 Å². The van der Waals surface area contributed by atoms with Crippen molar-refractivity contribution in [3.8, 4) is 0 Å². The monoisotopic (exact) mass is 568 g/mol. The fourth-order valence-corrected chi connectivity index (χ4v) is 3.68. The second-order valence-electron chi connectivity index (χ2n) is 6.03. The number of halogens is 4. The number of aliphatic hydroxyl groups excluding tert-OH is 1. The first kappa shape index (κ1) is 25.5. The Labute approximate surface area is 191 Å². The third-order valence-corrected chi connectivity index (χ3v) is 5.52. The average molecular weight is 568 g/mol. The Morgan fingerprint density at radius 3 is 2.72 bits per heavy atom. The number of hydroxylamine groups is 1. The highest BCUT2D eigenvalue weighted by molar-refractivity contribution is 14.2. The highest BCUT2D eigenvalue weighted by Crippen LogP contribution is 2.29. The van der Waals surface area contributed by atoms with E-state index in [-0.39, 0.29) is 12.3 Å². The van der Waals surface area contributed by atoms with Crippen LogP contribution in [0.15, 0.2) is 32.9 Å². The molecule has 1 aliphatic heterocycles. The summed E-state index contributed by atoms with van der Waals surface area (Å²) in [4.78, 5) is 33.5. The second-order valence-corrected chi connectivity index (χ2v) is 8.09. The summed E-state index contributed by atoms with van der Waals surface area (Å²) in [7, 11) is 1.38. The highest BCUT2D eigenvalue weighted by atomic mass is 127. The van der Waals surface area contributed by atoms with Crippen molar-refractivity contribution >= 4 is 48.5 Å². The molecule has 0 radical (unpaired) electrons. The molecule has 0 fully saturated rings. The van der Waals surface area contributed by atoms with Crippen LogP contribution in [0.5, 0.6) is 0 Å². The molecule has 1 aliphatic rings.